The molecular weight excluding hydrogens is 348 g/mol. The average Bonchev–Trinajstić information content (AvgIpc) is 2.77. The molecule has 3 aromatic carbocycles. The van der Waals surface area contributed by atoms with Gasteiger partial charge in [0.05, 0.1) is 24.1 Å². The fraction of sp³-hybridized carbons (Fsp3) is 0.167. The third kappa shape index (κ3) is 4.53. The lowest BCUT2D eigenvalue weighted by Gasteiger charge is -2.09. The molecule has 1 aromatic heterocycles. The summed E-state index contributed by atoms with van der Waals surface area (Å²) in [5.41, 5.74) is 4.62. The van der Waals surface area contributed by atoms with E-state index in [4.69, 9.17) is 9.47 Å². The lowest BCUT2D eigenvalue weighted by Crippen LogP contribution is -2.09. The summed E-state index contributed by atoms with van der Waals surface area (Å²) in [6, 6.07) is 26.9. The molecule has 0 N–H and O–H groups in total. The second-order valence-electron chi connectivity index (χ2n) is 6.47. The van der Waals surface area contributed by atoms with Crippen LogP contribution in [0, 0.1) is 0 Å². The van der Waals surface area contributed by atoms with Gasteiger partial charge in [0.2, 0.25) is 5.88 Å². The smallest absolute Gasteiger partial charge is 0.224 e. The van der Waals surface area contributed by atoms with Crippen molar-refractivity contribution in [1.29, 1.82) is 0 Å². The van der Waals surface area contributed by atoms with Crippen molar-refractivity contribution >= 4 is 10.9 Å². The van der Waals surface area contributed by atoms with E-state index in [1.807, 2.05) is 30.3 Å². The predicted molar refractivity (Wildman–Crippen MR) is 111 cm³/mol. The minimum absolute atomic E-state index is 0.466. The Hall–Kier alpha value is -3.24. The molecule has 0 fully saturated rings. The number of para-hydroxylation sites is 1. The number of hydrogen-bond donors (Lipinski definition) is 0. The molecule has 0 amide bonds. The first-order chi connectivity index (χ1) is 13.9. The molecule has 4 nitrogen and oxygen atoms in total. The predicted octanol–water partition coefficient (Wildman–Crippen LogP) is 4.93. The number of benzene rings is 3. The molecule has 4 heteroatoms. The molecule has 28 heavy (non-hydrogen) atoms. The Labute approximate surface area is 164 Å². The van der Waals surface area contributed by atoms with Gasteiger partial charge < -0.3 is 9.47 Å². The average molecular weight is 370 g/mol. The summed E-state index contributed by atoms with van der Waals surface area (Å²) in [6.45, 7) is 1.66. The minimum Gasteiger partial charge on any atom is -0.475 e. The van der Waals surface area contributed by atoms with E-state index in [1.54, 1.807) is 0 Å². The highest BCUT2D eigenvalue weighted by Gasteiger charge is 2.04. The van der Waals surface area contributed by atoms with E-state index in [2.05, 4.69) is 58.5 Å². The Kier molecular flexibility index (Phi) is 5.90. The zero-order chi connectivity index (χ0) is 19.0. The van der Waals surface area contributed by atoms with Crippen LogP contribution in [0.2, 0.25) is 0 Å². The van der Waals surface area contributed by atoms with Crippen LogP contribution in [0.4, 0.5) is 0 Å². The van der Waals surface area contributed by atoms with Crippen LogP contribution in [0.3, 0.4) is 0 Å². The van der Waals surface area contributed by atoms with E-state index in [9.17, 15) is 0 Å². The molecule has 0 saturated heterocycles. The Morgan fingerprint density at radius 3 is 2.25 bits per heavy atom. The maximum Gasteiger partial charge on any atom is 0.224 e. The van der Waals surface area contributed by atoms with E-state index in [-0.39, 0.29) is 0 Å². The summed E-state index contributed by atoms with van der Waals surface area (Å²) in [4.78, 5) is 8.45. The second kappa shape index (κ2) is 9.11. The van der Waals surface area contributed by atoms with Gasteiger partial charge in [0, 0.05) is 0 Å². The molecule has 1 heterocycles. The SMILES string of the molecule is c1ccc(-c2ccc(CCOCCOc3ncnc4ccccc34)cc2)cc1. The standard InChI is InChI=1S/C24H22N2O2/c1-2-6-20(7-3-1)21-12-10-19(11-13-21)14-15-27-16-17-28-24-22-8-4-5-9-23(22)25-18-26-24/h1-13,18H,14-17H2. The summed E-state index contributed by atoms with van der Waals surface area (Å²) in [5.74, 6) is 0.603. The number of fused-ring (bicyclic) bond motifs is 1. The molecule has 0 aliphatic carbocycles. The topological polar surface area (TPSA) is 44.2 Å². The first-order valence-corrected chi connectivity index (χ1v) is 9.45. The molecular formula is C24H22N2O2. The van der Waals surface area contributed by atoms with Crippen LogP contribution in [0.15, 0.2) is 85.2 Å². The van der Waals surface area contributed by atoms with Crippen LogP contribution < -0.4 is 4.74 Å². The van der Waals surface area contributed by atoms with Crippen molar-refractivity contribution in [3.63, 3.8) is 0 Å². The van der Waals surface area contributed by atoms with Crippen molar-refractivity contribution in [3.05, 3.63) is 90.8 Å². The van der Waals surface area contributed by atoms with Gasteiger partial charge >= 0.3 is 0 Å². The largest absolute Gasteiger partial charge is 0.475 e. The molecule has 0 saturated carbocycles. The van der Waals surface area contributed by atoms with E-state index in [0.29, 0.717) is 25.7 Å². The van der Waals surface area contributed by atoms with E-state index < -0.39 is 0 Å². The normalized spacial score (nSPS) is 10.9. The van der Waals surface area contributed by atoms with Gasteiger partial charge in [-0.3, -0.25) is 0 Å². The third-order valence-corrected chi connectivity index (χ3v) is 4.57. The first-order valence-electron chi connectivity index (χ1n) is 9.45. The summed E-state index contributed by atoms with van der Waals surface area (Å²) >= 11 is 0. The van der Waals surface area contributed by atoms with Crippen molar-refractivity contribution < 1.29 is 9.47 Å². The molecule has 4 aromatic rings. The number of aromatic nitrogens is 2. The van der Waals surface area contributed by atoms with Crippen LogP contribution in [-0.2, 0) is 11.2 Å². The molecule has 0 aliphatic rings. The number of ether oxygens (including phenoxy) is 2. The highest BCUT2D eigenvalue weighted by molar-refractivity contribution is 5.82. The first kappa shape index (κ1) is 18.1. The van der Waals surface area contributed by atoms with Crippen LogP contribution in [-0.4, -0.2) is 29.8 Å². The Balaban J connectivity index is 1.21. The number of nitrogens with zero attached hydrogens (tertiary/aromatic N) is 2. The summed E-state index contributed by atoms with van der Waals surface area (Å²) in [6.07, 6.45) is 2.41. The van der Waals surface area contributed by atoms with Crippen molar-refractivity contribution in [2.45, 2.75) is 6.42 Å². The van der Waals surface area contributed by atoms with Crippen molar-refractivity contribution in [3.8, 4) is 17.0 Å². The molecule has 0 atom stereocenters. The Morgan fingerprint density at radius 1 is 0.643 bits per heavy atom. The van der Waals surface area contributed by atoms with Gasteiger partial charge in [-0.2, -0.15) is 0 Å². The van der Waals surface area contributed by atoms with Gasteiger partial charge in [0.1, 0.15) is 12.9 Å². The van der Waals surface area contributed by atoms with Crippen LogP contribution in [0.25, 0.3) is 22.0 Å². The summed E-state index contributed by atoms with van der Waals surface area (Å²) in [5, 5.41) is 0.920. The van der Waals surface area contributed by atoms with Crippen molar-refractivity contribution in [2.75, 3.05) is 19.8 Å². The Bertz CT molecular complexity index is 1010. The van der Waals surface area contributed by atoms with E-state index in [1.165, 1.54) is 23.0 Å². The molecule has 0 radical (unpaired) electrons. The summed E-state index contributed by atoms with van der Waals surface area (Å²) in [7, 11) is 0. The van der Waals surface area contributed by atoms with Gasteiger partial charge in [-0.15, -0.1) is 0 Å². The molecule has 0 unspecified atom stereocenters. The van der Waals surface area contributed by atoms with E-state index in [0.717, 1.165) is 17.3 Å². The van der Waals surface area contributed by atoms with Gasteiger partial charge in [-0.05, 0) is 35.2 Å². The van der Waals surface area contributed by atoms with E-state index >= 15 is 0 Å². The van der Waals surface area contributed by atoms with Crippen LogP contribution in [0.5, 0.6) is 5.88 Å². The maximum absolute atomic E-state index is 5.76. The number of hydrogen-bond acceptors (Lipinski definition) is 4. The zero-order valence-corrected chi connectivity index (χ0v) is 15.6. The minimum atomic E-state index is 0.466. The van der Waals surface area contributed by atoms with Gasteiger partial charge in [0.15, 0.2) is 0 Å². The fourth-order valence-corrected chi connectivity index (χ4v) is 3.08. The quantitative estimate of drug-likeness (QED) is 0.412. The Morgan fingerprint density at radius 2 is 1.39 bits per heavy atom. The van der Waals surface area contributed by atoms with Gasteiger partial charge in [-0.1, -0.05) is 66.7 Å². The van der Waals surface area contributed by atoms with Gasteiger partial charge in [-0.25, -0.2) is 9.97 Å². The van der Waals surface area contributed by atoms with Crippen LogP contribution in [0.1, 0.15) is 5.56 Å². The van der Waals surface area contributed by atoms with Crippen LogP contribution >= 0.6 is 0 Å². The fourth-order valence-electron chi connectivity index (χ4n) is 3.08. The highest BCUT2D eigenvalue weighted by Crippen LogP contribution is 2.21. The number of rotatable bonds is 8. The second-order valence-corrected chi connectivity index (χ2v) is 6.47. The van der Waals surface area contributed by atoms with Gasteiger partial charge in [0.25, 0.3) is 0 Å². The maximum atomic E-state index is 5.76. The molecule has 140 valence electrons. The van der Waals surface area contributed by atoms with Crippen molar-refractivity contribution in [2.24, 2.45) is 0 Å². The molecule has 0 spiro atoms. The molecule has 0 bridgehead atoms. The monoisotopic (exact) mass is 370 g/mol. The highest BCUT2D eigenvalue weighted by atomic mass is 16.5. The molecule has 0 aliphatic heterocycles. The lowest BCUT2D eigenvalue weighted by atomic mass is 10.0. The lowest BCUT2D eigenvalue weighted by molar-refractivity contribution is 0.101. The third-order valence-electron chi connectivity index (χ3n) is 4.57. The zero-order valence-electron chi connectivity index (χ0n) is 15.6. The summed E-state index contributed by atoms with van der Waals surface area (Å²) < 4.78 is 11.5. The molecule has 4 rings (SSSR count). The van der Waals surface area contributed by atoms with Crippen molar-refractivity contribution in [1.82, 2.24) is 9.97 Å².